The number of carbonyl (C=O) groups is 2. The Bertz CT molecular complexity index is 193. The van der Waals surface area contributed by atoms with Gasteiger partial charge in [-0.2, -0.15) is 0 Å². The first-order valence-corrected chi connectivity index (χ1v) is 3.17. The molecule has 2 N–H and O–H groups in total. The van der Waals surface area contributed by atoms with Gasteiger partial charge in [0.2, 0.25) is 5.91 Å². The van der Waals surface area contributed by atoms with Crippen LogP contribution in [0.15, 0.2) is 0 Å². The smallest absolute Gasteiger partial charge is 0.309 e. The second-order valence-corrected chi connectivity index (χ2v) is 2.34. The highest BCUT2D eigenvalue weighted by Crippen LogP contribution is 2.16. The lowest BCUT2D eigenvalue weighted by atomic mass is 10.2. The van der Waals surface area contributed by atoms with Gasteiger partial charge in [-0.1, -0.05) is 0 Å². The van der Waals surface area contributed by atoms with Gasteiger partial charge in [-0.05, 0) is 0 Å². The number of hydrogen-bond acceptors (Lipinski definition) is 2. The summed E-state index contributed by atoms with van der Waals surface area (Å²) in [4.78, 5) is 20.1. The number of carboxylic acids is 1. The van der Waals surface area contributed by atoms with Gasteiger partial charge >= 0.3 is 5.97 Å². The molecule has 0 spiro atoms. The average Bonchev–Trinajstić information content (AvgIpc) is 1.81. The molecule has 12 heavy (non-hydrogen) atoms. The molecule has 0 aliphatic carbocycles. The summed E-state index contributed by atoms with van der Waals surface area (Å²) in [7, 11) is 0. The molecular weight excluding hydrogens is 172 g/mol. The monoisotopic (exact) mass is 181 g/mol. The van der Waals surface area contributed by atoms with E-state index in [9.17, 15) is 18.4 Å². The van der Waals surface area contributed by atoms with Crippen molar-refractivity contribution in [1.82, 2.24) is 5.32 Å². The molecule has 0 atom stereocenters. The van der Waals surface area contributed by atoms with Crippen LogP contribution in [0.1, 0.15) is 13.3 Å². The largest absolute Gasteiger partial charge is 0.481 e. The number of carbonyl (C=O) groups excluding carboxylic acids is 1. The molecule has 0 bridgehead atoms. The highest BCUT2D eigenvalue weighted by Gasteiger charge is 2.32. The van der Waals surface area contributed by atoms with Gasteiger partial charge in [0.1, 0.15) is 6.42 Å². The van der Waals surface area contributed by atoms with E-state index < -0.39 is 30.8 Å². The molecule has 70 valence electrons. The molecule has 0 aromatic heterocycles. The molecule has 4 nitrogen and oxygen atoms in total. The van der Waals surface area contributed by atoms with Crippen molar-refractivity contribution in [3.05, 3.63) is 0 Å². The van der Waals surface area contributed by atoms with E-state index in [1.807, 2.05) is 5.32 Å². The first-order chi connectivity index (χ1) is 5.33. The molecule has 0 aliphatic rings. The van der Waals surface area contributed by atoms with Crippen LogP contribution in [0.4, 0.5) is 8.78 Å². The third-order valence-corrected chi connectivity index (χ3v) is 1.01. The number of amides is 1. The van der Waals surface area contributed by atoms with Gasteiger partial charge in [-0.25, -0.2) is 8.78 Å². The molecule has 0 radical (unpaired) electrons. The van der Waals surface area contributed by atoms with Crippen LogP contribution < -0.4 is 5.32 Å². The van der Waals surface area contributed by atoms with Crippen molar-refractivity contribution in [2.75, 3.05) is 6.54 Å². The van der Waals surface area contributed by atoms with Crippen LogP contribution in [0.25, 0.3) is 0 Å². The molecule has 0 unspecified atom stereocenters. The summed E-state index contributed by atoms with van der Waals surface area (Å²) in [6.07, 6.45) is -1.27. The molecule has 0 aliphatic heterocycles. The fourth-order valence-corrected chi connectivity index (χ4v) is 0.538. The van der Waals surface area contributed by atoms with E-state index in [0.717, 1.165) is 6.92 Å². The normalized spacial score (nSPS) is 10.9. The molecule has 6 heteroatoms. The Morgan fingerprint density at radius 2 is 2.00 bits per heavy atom. The van der Waals surface area contributed by atoms with Crippen molar-refractivity contribution in [3.8, 4) is 0 Å². The number of alkyl halides is 2. The maximum atomic E-state index is 12.4. The van der Waals surface area contributed by atoms with Crippen LogP contribution >= 0.6 is 0 Å². The van der Waals surface area contributed by atoms with Crippen LogP contribution in [0.3, 0.4) is 0 Å². The number of carboxylic acid groups (broad SMARTS) is 1. The molecule has 0 saturated carbocycles. The van der Waals surface area contributed by atoms with Gasteiger partial charge in [0.15, 0.2) is 0 Å². The van der Waals surface area contributed by atoms with E-state index in [1.54, 1.807) is 0 Å². The van der Waals surface area contributed by atoms with Crippen molar-refractivity contribution in [2.45, 2.75) is 19.3 Å². The molecule has 0 heterocycles. The van der Waals surface area contributed by atoms with Crippen molar-refractivity contribution < 1.29 is 23.5 Å². The number of aliphatic carboxylic acids is 1. The van der Waals surface area contributed by atoms with E-state index in [0.29, 0.717) is 0 Å². The standard InChI is InChI=1S/C6H9F2NO3/c1-4(10)9-3-6(7,8)2-5(11)12/h2-3H2,1H3,(H,9,10)(H,11,12). The summed E-state index contributed by atoms with van der Waals surface area (Å²) in [5.41, 5.74) is 0. The van der Waals surface area contributed by atoms with E-state index in [-0.39, 0.29) is 0 Å². The third-order valence-electron chi connectivity index (χ3n) is 1.01. The summed E-state index contributed by atoms with van der Waals surface area (Å²) in [6, 6.07) is 0. The zero-order chi connectivity index (χ0) is 9.78. The number of halogens is 2. The number of rotatable bonds is 4. The maximum absolute atomic E-state index is 12.4. The molecule has 0 rings (SSSR count). The summed E-state index contributed by atoms with van der Waals surface area (Å²) >= 11 is 0. The topological polar surface area (TPSA) is 66.4 Å². The Balaban J connectivity index is 3.86. The van der Waals surface area contributed by atoms with E-state index in [2.05, 4.69) is 0 Å². The molecule has 0 aromatic rings. The fourth-order valence-electron chi connectivity index (χ4n) is 0.538. The predicted molar refractivity (Wildman–Crippen MR) is 35.9 cm³/mol. The SMILES string of the molecule is CC(=O)NCC(F)(F)CC(=O)O. The van der Waals surface area contributed by atoms with E-state index in [1.165, 1.54) is 0 Å². The highest BCUT2D eigenvalue weighted by atomic mass is 19.3. The quantitative estimate of drug-likeness (QED) is 0.652. The highest BCUT2D eigenvalue weighted by molar-refractivity contribution is 5.73. The summed E-state index contributed by atoms with van der Waals surface area (Å²) in [5, 5.41) is 9.86. The second-order valence-electron chi connectivity index (χ2n) is 2.34. The fraction of sp³-hybridized carbons (Fsp3) is 0.667. The molecule has 1 amide bonds. The van der Waals surface area contributed by atoms with Crippen molar-refractivity contribution in [2.24, 2.45) is 0 Å². The van der Waals surface area contributed by atoms with Crippen molar-refractivity contribution in [3.63, 3.8) is 0 Å². The lowest BCUT2D eigenvalue weighted by Gasteiger charge is -2.13. The summed E-state index contributed by atoms with van der Waals surface area (Å²) < 4.78 is 24.9. The van der Waals surface area contributed by atoms with Crippen LogP contribution in [-0.4, -0.2) is 29.5 Å². The molecule has 0 fully saturated rings. The second kappa shape index (κ2) is 3.99. The summed E-state index contributed by atoms with van der Waals surface area (Å²) in [6.45, 7) is 0.144. The third kappa shape index (κ3) is 5.57. The minimum atomic E-state index is -3.38. The Morgan fingerprint density at radius 3 is 2.33 bits per heavy atom. The Kier molecular flexibility index (Phi) is 3.59. The van der Waals surface area contributed by atoms with Crippen molar-refractivity contribution in [1.29, 1.82) is 0 Å². The predicted octanol–water partition coefficient (Wildman–Crippen LogP) is 0.233. The minimum Gasteiger partial charge on any atom is -0.481 e. The first kappa shape index (κ1) is 10.8. The lowest BCUT2D eigenvalue weighted by molar-refractivity contribution is -0.145. The van der Waals surface area contributed by atoms with E-state index in [4.69, 9.17) is 5.11 Å². The Morgan fingerprint density at radius 1 is 1.50 bits per heavy atom. The Hall–Kier alpha value is -1.20. The van der Waals surface area contributed by atoms with E-state index >= 15 is 0 Å². The number of nitrogens with one attached hydrogen (secondary N) is 1. The first-order valence-electron chi connectivity index (χ1n) is 3.17. The van der Waals surface area contributed by atoms with Gasteiger partial charge in [0.25, 0.3) is 5.92 Å². The minimum absolute atomic E-state index is 0.611. The van der Waals surface area contributed by atoms with Gasteiger partial charge in [-0.15, -0.1) is 0 Å². The van der Waals surface area contributed by atoms with Crippen molar-refractivity contribution >= 4 is 11.9 Å². The van der Waals surface area contributed by atoms with Gasteiger partial charge < -0.3 is 10.4 Å². The molecule has 0 aromatic carbocycles. The molecular formula is C6H9F2NO3. The van der Waals surface area contributed by atoms with Crippen LogP contribution in [0, 0.1) is 0 Å². The average molecular weight is 181 g/mol. The summed E-state index contributed by atoms with van der Waals surface area (Å²) in [5.74, 6) is -5.58. The van der Waals surface area contributed by atoms with Crippen LogP contribution in [-0.2, 0) is 9.59 Å². The van der Waals surface area contributed by atoms with Crippen LogP contribution in [0.5, 0.6) is 0 Å². The molecule has 0 saturated heterocycles. The number of hydrogen-bond donors (Lipinski definition) is 2. The zero-order valence-corrected chi connectivity index (χ0v) is 6.43. The van der Waals surface area contributed by atoms with Gasteiger partial charge in [0, 0.05) is 6.92 Å². The van der Waals surface area contributed by atoms with Crippen LogP contribution in [0.2, 0.25) is 0 Å². The zero-order valence-electron chi connectivity index (χ0n) is 6.43. The van der Waals surface area contributed by atoms with Gasteiger partial charge in [-0.3, -0.25) is 9.59 Å². The lowest BCUT2D eigenvalue weighted by Crippen LogP contribution is -2.36. The Labute approximate surface area is 67.6 Å². The van der Waals surface area contributed by atoms with Gasteiger partial charge in [0.05, 0.1) is 6.54 Å². The maximum Gasteiger partial charge on any atom is 0.309 e.